The number of anilines is 1. The molecule has 92 valence electrons. The van der Waals surface area contributed by atoms with Gasteiger partial charge in [-0.05, 0) is 55.7 Å². The van der Waals surface area contributed by atoms with Crippen molar-refractivity contribution in [3.05, 3.63) is 58.9 Å². The third-order valence-corrected chi connectivity index (χ3v) is 2.79. The number of aromatic nitrogens is 1. The number of benzene rings is 1. The minimum absolute atomic E-state index is 0.174. The Labute approximate surface area is 107 Å². The number of pyridine rings is 1. The number of amides is 1. The molecule has 0 unspecified atom stereocenters. The fourth-order valence-electron chi connectivity index (χ4n) is 1.72. The van der Waals surface area contributed by atoms with Gasteiger partial charge in [0.1, 0.15) is 5.69 Å². The zero-order valence-corrected chi connectivity index (χ0v) is 10.8. The van der Waals surface area contributed by atoms with Crippen molar-refractivity contribution in [3.8, 4) is 0 Å². The van der Waals surface area contributed by atoms with E-state index in [9.17, 15) is 4.79 Å². The van der Waals surface area contributed by atoms with Crippen molar-refractivity contribution in [2.75, 3.05) is 5.32 Å². The van der Waals surface area contributed by atoms with Crippen LogP contribution in [-0.4, -0.2) is 10.9 Å². The molecule has 0 spiro atoms. The lowest BCUT2D eigenvalue weighted by molar-refractivity contribution is 0.102. The summed E-state index contributed by atoms with van der Waals surface area (Å²) in [6, 6.07) is 9.63. The van der Waals surface area contributed by atoms with Crippen molar-refractivity contribution in [2.24, 2.45) is 0 Å². The number of nitrogens with one attached hydrogen (secondary N) is 1. The Morgan fingerprint density at radius 2 is 1.78 bits per heavy atom. The summed E-state index contributed by atoms with van der Waals surface area (Å²) in [5, 5.41) is 2.89. The van der Waals surface area contributed by atoms with E-state index in [-0.39, 0.29) is 5.91 Å². The van der Waals surface area contributed by atoms with E-state index in [1.807, 2.05) is 45.0 Å². The Balaban J connectivity index is 2.24. The van der Waals surface area contributed by atoms with Gasteiger partial charge in [-0.1, -0.05) is 12.1 Å². The summed E-state index contributed by atoms with van der Waals surface area (Å²) < 4.78 is 0. The number of rotatable bonds is 2. The molecule has 3 heteroatoms. The van der Waals surface area contributed by atoms with Gasteiger partial charge in [-0.2, -0.15) is 0 Å². The highest BCUT2D eigenvalue weighted by Gasteiger charge is 2.09. The highest BCUT2D eigenvalue weighted by atomic mass is 16.1. The number of nitrogens with zero attached hydrogens (tertiary/aromatic N) is 1. The molecular formula is C15H16N2O. The Kier molecular flexibility index (Phi) is 3.42. The Hall–Kier alpha value is -2.16. The van der Waals surface area contributed by atoms with E-state index < -0.39 is 0 Å². The summed E-state index contributed by atoms with van der Waals surface area (Å²) >= 11 is 0. The maximum absolute atomic E-state index is 12.1. The van der Waals surface area contributed by atoms with Gasteiger partial charge in [0, 0.05) is 11.9 Å². The van der Waals surface area contributed by atoms with Crippen molar-refractivity contribution in [1.29, 1.82) is 0 Å². The molecule has 1 aromatic heterocycles. The zero-order chi connectivity index (χ0) is 13.1. The number of aryl methyl sites for hydroxylation is 3. The van der Waals surface area contributed by atoms with Gasteiger partial charge < -0.3 is 5.32 Å². The van der Waals surface area contributed by atoms with Crippen LogP contribution in [0.3, 0.4) is 0 Å². The Morgan fingerprint density at radius 3 is 2.50 bits per heavy atom. The number of carbonyl (C=O) groups excluding carboxylic acids is 1. The first-order valence-corrected chi connectivity index (χ1v) is 5.87. The second-order valence-electron chi connectivity index (χ2n) is 4.49. The Bertz CT molecular complexity index is 591. The first-order valence-electron chi connectivity index (χ1n) is 5.87. The molecule has 1 amide bonds. The van der Waals surface area contributed by atoms with Crippen LogP contribution in [0.2, 0.25) is 0 Å². The monoisotopic (exact) mass is 240 g/mol. The van der Waals surface area contributed by atoms with Gasteiger partial charge in [-0.3, -0.25) is 9.78 Å². The smallest absolute Gasteiger partial charge is 0.274 e. The lowest BCUT2D eigenvalue weighted by atomic mass is 10.1. The van der Waals surface area contributed by atoms with Crippen LogP contribution >= 0.6 is 0 Å². The zero-order valence-electron chi connectivity index (χ0n) is 10.8. The average Bonchev–Trinajstić information content (AvgIpc) is 2.34. The van der Waals surface area contributed by atoms with Crippen LogP contribution < -0.4 is 5.32 Å². The lowest BCUT2D eigenvalue weighted by Gasteiger charge is -2.09. The van der Waals surface area contributed by atoms with E-state index >= 15 is 0 Å². The van der Waals surface area contributed by atoms with E-state index in [4.69, 9.17) is 0 Å². The third kappa shape index (κ3) is 2.74. The van der Waals surface area contributed by atoms with Gasteiger partial charge in [0.15, 0.2) is 0 Å². The van der Waals surface area contributed by atoms with Crippen molar-refractivity contribution in [2.45, 2.75) is 20.8 Å². The number of carbonyl (C=O) groups is 1. The van der Waals surface area contributed by atoms with Crippen LogP contribution in [0.25, 0.3) is 0 Å². The molecule has 0 radical (unpaired) electrons. The highest BCUT2D eigenvalue weighted by Crippen LogP contribution is 2.17. The predicted octanol–water partition coefficient (Wildman–Crippen LogP) is 3.26. The van der Waals surface area contributed by atoms with E-state index in [1.165, 1.54) is 0 Å². The molecule has 3 nitrogen and oxygen atoms in total. The van der Waals surface area contributed by atoms with Crippen molar-refractivity contribution >= 4 is 11.6 Å². The fourth-order valence-corrected chi connectivity index (χ4v) is 1.72. The predicted molar refractivity (Wildman–Crippen MR) is 72.8 cm³/mol. The number of hydrogen-bond acceptors (Lipinski definition) is 2. The quantitative estimate of drug-likeness (QED) is 0.875. The fraction of sp³-hybridized carbons (Fsp3) is 0.200. The third-order valence-electron chi connectivity index (χ3n) is 2.79. The summed E-state index contributed by atoms with van der Waals surface area (Å²) in [5.41, 5.74) is 4.46. The summed E-state index contributed by atoms with van der Waals surface area (Å²) in [6.45, 7) is 5.91. The van der Waals surface area contributed by atoms with Crippen LogP contribution in [0.15, 0.2) is 36.5 Å². The van der Waals surface area contributed by atoms with Gasteiger partial charge in [-0.15, -0.1) is 0 Å². The van der Waals surface area contributed by atoms with Crippen molar-refractivity contribution in [3.63, 3.8) is 0 Å². The van der Waals surface area contributed by atoms with Gasteiger partial charge in [0.05, 0.1) is 0 Å². The first kappa shape index (κ1) is 12.3. The van der Waals surface area contributed by atoms with Crippen molar-refractivity contribution in [1.82, 2.24) is 4.98 Å². The van der Waals surface area contributed by atoms with Crippen LogP contribution in [0.4, 0.5) is 5.69 Å². The topological polar surface area (TPSA) is 42.0 Å². The molecule has 0 fully saturated rings. The minimum Gasteiger partial charge on any atom is -0.320 e. The molecule has 1 aromatic carbocycles. The molecule has 0 saturated heterocycles. The second kappa shape index (κ2) is 5.00. The molecule has 2 rings (SSSR count). The van der Waals surface area contributed by atoms with E-state index in [2.05, 4.69) is 10.3 Å². The molecule has 1 heterocycles. The van der Waals surface area contributed by atoms with Gasteiger partial charge in [-0.25, -0.2) is 0 Å². The molecule has 0 aliphatic heterocycles. The average molecular weight is 240 g/mol. The lowest BCUT2D eigenvalue weighted by Crippen LogP contribution is -2.14. The van der Waals surface area contributed by atoms with E-state index in [1.54, 1.807) is 12.3 Å². The summed E-state index contributed by atoms with van der Waals surface area (Å²) in [5.74, 6) is -0.174. The van der Waals surface area contributed by atoms with E-state index in [0.717, 1.165) is 22.4 Å². The molecule has 1 N–H and O–H groups in total. The second-order valence-corrected chi connectivity index (χ2v) is 4.49. The molecular weight excluding hydrogens is 224 g/mol. The molecule has 18 heavy (non-hydrogen) atoms. The van der Waals surface area contributed by atoms with Gasteiger partial charge in [0.25, 0.3) is 5.91 Å². The van der Waals surface area contributed by atoms with Crippen molar-refractivity contribution < 1.29 is 4.79 Å². The SMILES string of the molecule is Cc1ccnc(C(=O)Nc2cc(C)ccc2C)c1. The van der Waals surface area contributed by atoms with Crippen LogP contribution in [0.5, 0.6) is 0 Å². The van der Waals surface area contributed by atoms with E-state index in [0.29, 0.717) is 5.69 Å². The summed E-state index contributed by atoms with van der Waals surface area (Å²) in [4.78, 5) is 16.1. The normalized spacial score (nSPS) is 10.2. The molecule has 0 saturated carbocycles. The molecule has 0 atom stereocenters. The van der Waals surface area contributed by atoms with Crippen LogP contribution in [0, 0.1) is 20.8 Å². The maximum Gasteiger partial charge on any atom is 0.274 e. The van der Waals surface area contributed by atoms with Gasteiger partial charge in [0.2, 0.25) is 0 Å². The Morgan fingerprint density at radius 1 is 1.06 bits per heavy atom. The summed E-state index contributed by atoms with van der Waals surface area (Å²) in [7, 11) is 0. The highest BCUT2D eigenvalue weighted by molar-refractivity contribution is 6.03. The summed E-state index contributed by atoms with van der Waals surface area (Å²) in [6.07, 6.45) is 1.65. The minimum atomic E-state index is -0.174. The molecule has 2 aromatic rings. The van der Waals surface area contributed by atoms with Crippen LogP contribution in [0.1, 0.15) is 27.2 Å². The maximum atomic E-state index is 12.1. The molecule has 0 aliphatic rings. The van der Waals surface area contributed by atoms with Crippen LogP contribution in [-0.2, 0) is 0 Å². The molecule has 0 bridgehead atoms. The first-order chi connectivity index (χ1) is 8.56. The number of hydrogen-bond donors (Lipinski definition) is 1. The standard InChI is InChI=1S/C15H16N2O/c1-10-4-5-12(3)13(8-10)17-15(18)14-9-11(2)6-7-16-14/h4-9H,1-3H3,(H,17,18). The largest absolute Gasteiger partial charge is 0.320 e. The molecule has 0 aliphatic carbocycles. The van der Waals surface area contributed by atoms with Gasteiger partial charge >= 0.3 is 0 Å².